The SMILES string of the molecule is CC(=O)N1CC(COc2ccc(C(C)C)c3cc(Nc4ccnc(N5CCCC(C)C5)n4)ncc23)C1. The highest BCUT2D eigenvalue weighted by molar-refractivity contribution is 5.92. The second-order valence-corrected chi connectivity index (χ2v) is 10.6. The van der Waals surface area contributed by atoms with Crippen molar-refractivity contribution in [2.24, 2.45) is 11.8 Å². The maximum atomic E-state index is 11.5. The molecular formula is C28H36N6O2. The average molecular weight is 489 g/mol. The Morgan fingerprint density at radius 1 is 1.14 bits per heavy atom. The molecule has 1 unspecified atom stereocenters. The fourth-order valence-corrected chi connectivity index (χ4v) is 5.15. The van der Waals surface area contributed by atoms with Gasteiger partial charge in [-0.3, -0.25) is 4.79 Å². The molecule has 0 radical (unpaired) electrons. The van der Waals surface area contributed by atoms with E-state index in [-0.39, 0.29) is 5.91 Å². The van der Waals surface area contributed by atoms with Crippen molar-refractivity contribution in [1.29, 1.82) is 0 Å². The fourth-order valence-electron chi connectivity index (χ4n) is 5.15. The lowest BCUT2D eigenvalue weighted by Gasteiger charge is -2.38. The maximum Gasteiger partial charge on any atom is 0.227 e. The fraction of sp³-hybridized carbons (Fsp3) is 0.500. The number of hydrogen-bond donors (Lipinski definition) is 1. The Morgan fingerprint density at radius 3 is 2.72 bits per heavy atom. The van der Waals surface area contributed by atoms with Gasteiger partial charge in [0.15, 0.2) is 0 Å². The molecule has 0 bridgehead atoms. The van der Waals surface area contributed by atoms with E-state index in [1.165, 1.54) is 18.4 Å². The number of anilines is 3. The number of carbonyl (C=O) groups is 1. The van der Waals surface area contributed by atoms with Crippen molar-refractivity contribution in [3.05, 3.63) is 42.2 Å². The Kier molecular flexibility index (Phi) is 6.94. The second-order valence-electron chi connectivity index (χ2n) is 10.6. The van der Waals surface area contributed by atoms with Gasteiger partial charge < -0.3 is 19.9 Å². The standard InChI is InChI=1S/C28H36N6O2/c1-18(2)22-7-8-25(36-17-21-15-34(16-21)20(4)35)24-13-30-27(12-23(22)24)31-26-9-10-29-28(32-26)33-11-5-6-19(3)14-33/h7-10,12-13,18-19,21H,5-6,11,14-17H2,1-4H3,(H,29,30,31,32). The van der Waals surface area contributed by atoms with Crippen LogP contribution in [0.4, 0.5) is 17.6 Å². The molecule has 1 amide bonds. The molecule has 0 aliphatic carbocycles. The Bertz CT molecular complexity index is 1240. The lowest BCUT2D eigenvalue weighted by atomic mass is 9.96. The summed E-state index contributed by atoms with van der Waals surface area (Å²) in [6.07, 6.45) is 6.13. The van der Waals surface area contributed by atoms with Crippen LogP contribution in [0.5, 0.6) is 5.75 Å². The predicted octanol–water partition coefficient (Wildman–Crippen LogP) is 4.99. The Labute approximate surface area is 213 Å². The molecule has 2 fully saturated rings. The first-order chi connectivity index (χ1) is 17.4. The highest BCUT2D eigenvalue weighted by Crippen LogP contribution is 2.34. The highest BCUT2D eigenvalue weighted by atomic mass is 16.5. The molecule has 2 aromatic heterocycles. The third-order valence-electron chi connectivity index (χ3n) is 7.23. The minimum absolute atomic E-state index is 0.128. The number of nitrogens with one attached hydrogen (secondary N) is 1. The topological polar surface area (TPSA) is 83.5 Å². The van der Waals surface area contributed by atoms with Crippen LogP contribution in [-0.2, 0) is 4.79 Å². The zero-order chi connectivity index (χ0) is 25.2. The number of piperidine rings is 1. The normalized spacial score (nSPS) is 18.4. The first kappa shape index (κ1) is 24.3. The lowest BCUT2D eigenvalue weighted by Crippen LogP contribution is -2.51. The maximum absolute atomic E-state index is 11.5. The summed E-state index contributed by atoms with van der Waals surface area (Å²) in [4.78, 5) is 29.6. The van der Waals surface area contributed by atoms with Crippen molar-refractivity contribution in [2.45, 2.75) is 46.5 Å². The van der Waals surface area contributed by atoms with Gasteiger partial charge in [-0.05, 0) is 53.8 Å². The lowest BCUT2D eigenvalue weighted by molar-refractivity contribution is -0.135. The van der Waals surface area contributed by atoms with Crippen molar-refractivity contribution in [2.75, 3.05) is 43.0 Å². The summed E-state index contributed by atoms with van der Waals surface area (Å²) >= 11 is 0. The molecule has 190 valence electrons. The quantitative estimate of drug-likeness (QED) is 0.502. The number of fused-ring (bicyclic) bond motifs is 1. The van der Waals surface area contributed by atoms with Crippen LogP contribution in [0, 0.1) is 11.8 Å². The molecule has 8 heteroatoms. The number of pyridine rings is 1. The van der Waals surface area contributed by atoms with Crippen LogP contribution in [0.2, 0.25) is 0 Å². The molecule has 3 aromatic rings. The van der Waals surface area contributed by atoms with E-state index in [2.05, 4.69) is 48.1 Å². The molecule has 0 spiro atoms. The summed E-state index contributed by atoms with van der Waals surface area (Å²) in [6.45, 7) is 12.4. The van der Waals surface area contributed by atoms with E-state index in [0.717, 1.165) is 60.3 Å². The van der Waals surface area contributed by atoms with Gasteiger partial charge in [-0.15, -0.1) is 0 Å². The molecule has 0 saturated carbocycles. The molecule has 5 rings (SSSR count). The molecule has 4 heterocycles. The number of hydrogen-bond acceptors (Lipinski definition) is 7. The van der Waals surface area contributed by atoms with Gasteiger partial charge in [-0.1, -0.05) is 26.8 Å². The third-order valence-corrected chi connectivity index (χ3v) is 7.23. The monoisotopic (exact) mass is 488 g/mol. The van der Waals surface area contributed by atoms with Crippen LogP contribution in [0.3, 0.4) is 0 Å². The van der Waals surface area contributed by atoms with Crippen molar-refractivity contribution in [3.63, 3.8) is 0 Å². The Morgan fingerprint density at radius 2 is 1.97 bits per heavy atom. The molecule has 8 nitrogen and oxygen atoms in total. The number of benzene rings is 1. The van der Waals surface area contributed by atoms with E-state index in [1.54, 1.807) is 6.92 Å². The Balaban J connectivity index is 1.35. The van der Waals surface area contributed by atoms with E-state index >= 15 is 0 Å². The van der Waals surface area contributed by atoms with Crippen molar-refractivity contribution in [1.82, 2.24) is 19.9 Å². The van der Waals surface area contributed by atoms with Crippen molar-refractivity contribution >= 4 is 34.3 Å². The van der Waals surface area contributed by atoms with Gasteiger partial charge in [0.25, 0.3) is 0 Å². The third kappa shape index (κ3) is 5.22. The van der Waals surface area contributed by atoms with Crippen LogP contribution in [0.25, 0.3) is 10.8 Å². The van der Waals surface area contributed by atoms with Crippen molar-refractivity contribution < 1.29 is 9.53 Å². The van der Waals surface area contributed by atoms with Gasteiger partial charge in [-0.25, -0.2) is 9.97 Å². The molecule has 2 saturated heterocycles. The molecule has 1 N–H and O–H groups in total. The smallest absolute Gasteiger partial charge is 0.227 e. The molecule has 2 aliphatic heterocycles. The summed E-state index contributed by atoms with van der Waals surface area (Å²) in [5.74, 6) is 4.60. The molecular weight excluding hydrogens is 452 g/mol. The van der Waals surface area contributed by atoms with Gasteiger partial charge in [-0.2, -0.15) is 4.98 Å². The van der Waals surface area contributed by atoms with E-state index in [9.17, 15) is 4.79 Å². The van der Waals surface area contributed by atoms with Gasteiger partial charge in [0.1, 0.15) is 17.4 Å². The number of rotatable bonds is 7. The summed E-state index contributed by atoms with van der Waals surface area (Å²) in [5.41, 5.74) is 1.25. The first-order valence-corrected chi connectivity index (χ1v) is 13.0. The molecule has 1 aromatic carbocycles. The van der Waals surface area contributed by atoms with Crippen LogP contribution in [0.15, 0.2) is 36.7 Å². The largest absolute Gasteiger partial charge is 0.492 e. The molecule has 36 heavy (non-hydrogen) atoms. The average Bonchev–Trinajstić information content (AvgIpc) is 2.82. The second kappa shape index (κ2) is 10.3. The number of carbonyl (C=O) groups excluding carboxylic acids is 1. The van der Waals surface area contributed by atoms with Gasteiger partial charge >= 0.3 is 0 Å². The van der Waals surface area contributed by atoms with Crippen LogP contribution >= 0.6 is 0 Å². The number of nitrogens with zero attached hydrogens (tertiary/aromatic N) is 5. The summed E-state index contributed by atoms with van der Waals surface area (Å²) in [7, 11) is 0. The van der Waals surface area contributed by atoms with E-state index in [1.807, 2.05) is 29.4 Å². The molecule has 2 aliphatic rings. The molecule has 1 atom stereocenters. The summed E-state index contributed by atoms with van der Waals surface area (Å²) in [6, 6.07) is 8.16. The van der Waals surface area contributed by atoms with Crippen LogP contribution < -0.4 is 15.0 Å². The van der Waals surface area contributed by atoms with E-state index in [4.69, 9.17) is 14.7 Å². The summed E-state index contributed by atoms with van der Waals surface area (Å²) in [5, 5.41) is 5.51. The van der Waals surface area contributed by atoms with Crippen molar-refractivity contribution in [3.8, 4) is 5.75 Å². The zero-order valence-electron chi connectivity index (χ0n) is 21.7. The number of amides is 1. The minimum atomic E-state index is 0.128. The van der Waals surface area contributed by atoms with Crippen LogP contribution in [-0.4, -0.2) is 58.5 Å². The number of aromatic nitrogens is 3. The minimum Gasteiger partial charge on any atom is -0.492 e. The first-order valence-electron chi connectivity index (χ1n) is 13.0. The van der Waals surface area contributed by atoms with E-state index < -0.39 is 0 Å². The van der Waals surface area contributed by atoms with Gasteiger partial charge in [0, 0.05) is 56.8 Å². The Hall–Kier alpha value is -3.42. The van der Waals surface area contributed by atoms with Gasteiger partial charge in [0.05, 0.1) is 6.61 Å². The van der Waals surface area contributed by atoms with Gasteiger partial charge in [0.2, 0.25) is 11.9 Å². The van der Waals surface area contributed by atoms with Crippen LogP contribution in [0.1, 0.15) is 52.0 Å². The summed E-state index contributed by atoms with van der Waals surface area (Å²) < 4.78 is 6.21. The van der Waals surface area contributed by atoms with E-state index in [0.29, 0.717) is 24.4 Å². The number of likely N-dealkylation sites (tertiary alicyclic amines) is 1. The predicted molar refractivity (Wildman–Crippen MR) is 143 cm³/mol. The zero-order valence-corrected chi connectivity index (χ0v) is 21.7. The highest BCUT2D eigenvalue weighted by Gasteiger charge is 2.29. The number of ether oxygens (including phenoxy) is 1.